The second-order valence-electron chi connectivity index (χ2n) is 4.94. The highest BCUT2D eigenvalue weighted by atomic mass is 79.9. The van der Waals surface area contributed by atoms with Crippen LogP contribution in [0.5, 0.6) is 0 Å². The fourth-order valence-electron chi connectivity index (χ4n) is 2.47. The van der Waals surface area contributed by atoms with E-state index in [9.17, 15) is 22.8 Å². The largest absolute Gasteiger partial charge is 0.471 e. The zero-order chi connectivity index (χ0) is 14.7. The molecule has 1 saturated carbocycles. The van der Waals surface area contributed by atoms with Crippen LogP contribution in [0, 0.1) is 5.92 Å². The van der Waals surface area contributed by atoms with Gasteiger partial charge in [0, 0.05) is 0 Å². The number of ketones is 1. The van der Waals surface area contributed by atoms with Crippen LogP contribution >= 0.6 is 15.9 Å². The number of Topliss-reactive ketones (excluding diaryl/α,β-unsaturated/α-hetero) is 1. The van der Waals surface area contributed by atoms with Gasteiger partial charge in [-0.2, -0.15) is 13.2 Å². The van der Waals surface area contributed by atoms with E-state index in [1.54, 1.807) is 0 Å². The lowest BCUT2D eigenvalue weighted by Gasteiger charge is -2.39. The summed E-state index contributed by atoms with van der Waals surface area (Å²) in [6, 6.07) is 0. The van der Waals surface area contributed by atoms with Gasteiger partial charge in [0.25, 0.3) is 0 Å². The topological polar surface area (TPSA) is 46.2 Å². The summed E-state index contributed by atoms with van der Waals surface area (Å²) < 4.78 is 37.0. The second-order valence-corrected chi connectivity index (χ2v) is 5.50. The van der Waals surface area contributed by atoms with Gasteiger partial charge in [0.2, 0.25) is 0 Å². The van der Waals surface area contributed by atoms with Crippen molar-refractivity contribution in [2.24, 2.45) is 5.92 Å². The minimum absolute atomic E-state index is 0.0536. The van der Waals surface area contributed by atoms with E-state index in [1.807, 2.05) is 12.2 Å². The molecule has 0 unspecified atom stereocenters. The van der Waals surface area contributed by atoms with Crippen LogP contribution in [0.1, 0.15) is 39.0 Å². The van der Waals surface area contributed by atoms with E-state index in [2.05, 4.69) is 15.9 Å². The van der Waals surface area contributed by atoms with Gasteiger partial charge in [0.05, 0.1) is 10.9 Å². The molecule has 1 N–H and O–H groups in total. The maximum absolute atomic E-state index is 12.3. The molecule has 1 aliphatic carbocycles. The first kappa shape index (κ1) is 16.5. The predicted octanol–water partition coefficient (Wildman–Crippen LogP) is 2.97. The first-order valence-electron chi connectivity index (χ1n) is 6.23. The molecule has 0 aromatic carbocycles. The minimum atomic E-state index is -4.96. The molecule has 0 heterocycles. The maximum Gasteiger partial charge on any atom is 0.471 e. The Morgan fingerprint density at radius 2 is 1.84 bits per heavy atom. The summed E-state index contributed by atoms with van der Waals surface area (Å²) in [5.41, 5.74) is -1.36. The Bertz CT molecular complexity index is 349. The number of hydrogen-bond donors (Lipinski definition) is 1. The molecular formula is C12H17BrF3NO2. The Labute approximate surface area is 118 Å². The maximum atomic E-state index is 12.3. The lowest BCUT2D eigenvalue weighted by Crippen LogP contribution is -2.59. The van der Waals surface area contributed by atoms with Crippen LogP contribution in [0.15, 0.2) is 0 Å². The number of hydrogen-bond acceptors (Lipinski definition) is 2. The van der Waals surface area contributed by atoms with Crippen LogP contribution in [0.2, 0.25) is 0 Å². The van der Waals surface area contributed by atoms with Gasteiger partial charge in [-0.25, -0.2) is 0 Å². The summed E-state index contributed by atoms with van der Waals surface area (Å²) in [6.07, 6.45) is -2.15. The van der Waals surface area contributed by atoms with Crippen molar-refractivity contribution in [2.75, 3.05) is 5.33 Å². The fourth-order valence-corrected chi connectivity index (χ4v) is 3.00. The average molecular weight is 344 g/mol. The van der Waals surface area contributed by atoms with Crippen LogP contribution < -0.4 is 5.32 Å². The van der Waals surface area contributed by atoms with Gasteiger partial charge >= 0.3 is 12.1 Å². The van der Waals surface area contributed by atoms with Gasteiger partial charge in [0.1, 0.15) is 0 Å². The third kappa shape index (κ3) is 3.94. The van der Waals surface area contributed by atoms with E-state index in [0.29, 0.717) is 18.8 Å². The van der Waals surface area contributed by atoms with Crippen LogP contribution in [-0.2, 0) is 9.59 Å². The first-order valence-corrected chi connectivity index (χ1v) is 7.36. The Kier molecular flexibility index (Phi) is 5.41. The SMILES string of the molecule is CCC1CCC(NC(=O)C(F)(F)F)(C(=O)CBr)CC1. The second kappa shape index (κ2) is 6.24. The standard InChI is InChI=1S/C12H17BrF3NO2/c1-2-8-3-5-11(6-4-8,9(18)7-13)17-10(19)12(14,15)16/h8H,2-7H2,1H3,(H,17,19). The van der Waals surface area contributed by atoms with Crippen molar-refractivity contribution in [1.82, 2.24) is 5.32 Å². The molecular weight excluding hydrogens is 327 g/mol. The van der Waals surface area contributed by atoms with Crippen molar-refractivity contribution >= 4 is 27.6 Å². The number of halogens is 4. The quantitative estimate of drug-likeness (QED) is 0.797. The van der Waals surface area contributed by atoms with Gasteiger partial charge in [0.15, 0.2) is 5.78 Å². The van der Waals surface area contributed by atoms with Gasteiger partial charge in [-0.05, 0) is 31.6 Å². The number of carbonyl (C=O) groups excluding carboxylic acids is 2. The molecule has 0 aliphatic heterocycles. The highest BCUT2D eigenvalue weighted by Crippen LogP contribution is 2.35. The van der Waals surface area contributed by atoms with Crippen molar-refractivity contribution in [3.63, 3.8) is 0 Å². The number of nitrogens with one attached hydrogen (secondary N) is 1. The van der Waals surface area contributed by atoms with E-state index in [0.717, 1.165) is 6.42 Å². The third-order valence-corrected chi connectivity index (χ3v) is 4.31. The minimum Gasteiger partial charge on any atom is -0.336 e. The molecule has 1 fully saturated rings. The molecule has 1 amide bonds. The average Bonchev–Trinajstić information content (AvgIpc) is 2.37. The molecule has 0 aromatic rings. The first-order chi connectivity index (χ1) is 8.75. The van der Waals surface area contributed by atoms with Crippen LogP contribution in [-0.4, -0.2) is 28.7 Å². The third-order valence-electron chi connectivity index (χ3n) is 3.80. The molecule has 0 spiro atoms. The molecule has 110 valence electrons. The Morgan fingerprint density at radius 3 is 2.21 bits per heavy atom. The van der Waals surface area contributed by atoms with E-state index in [-0.39, 0.29) is 24.0 Å². The molecule has 7 heteroatoms. The number of amides is 1. The van der Waals surface area contributed by atoms with E-state index < -0.39 is 17.6 Å². The Morgan fingerprint density at radius 1 is 1.32 bits per heavy atom. The van der Waals surface area contributed by atoms with Gasteiger partial charge in [-0.15, -0.1) is 0 Å². The summed E-state index contributed by atoms with van der Waals surface area (Å²) in [5.74, 6) is -2.00. The van der Waals surface area contributed by atoms with Crippen LogP contribution in [0.25, 0.3) is 0 Å². The van der Waals surface area contributed by atoms with Gasteiger partial charge < -0.3 is 5.32 Å². The molecule has 1 rings (SSSR count). The monoisotopic (exact) mass is 343 g/mol. The number of alkyl halides is 4. The zero-order valence-electron chi connectivity index (χ0n) is 10.6. The Balaban J connectivity index is 2.85. The summed E-state index contributed by atoms with van der Waals surface area (Å²) >= 11 is 2.98. The van der Waals surface area contributed by atoms with Gasteiger partial charge in [-0.1, -0.05) is 29.3 Å². The summed E-state index contributed by atoms with van der Waals surface area (Å²) in [6.45, 7) is 2.01. The van der Waals surface area contributed by atoms with Crippen molar-refractivity contribution in [1.29, 1.82) is 0 Å². The smallest absolute Gasteiger partial charge is 0.336 e. The number of rotatable bonds is 4. The lowest BCUT2D eigenvalue weighted by atomic mass is 9.73. The van der Waals surface area contributed by atoms with Crippen LogP contribution in [0.4, 0.5) is 13.2 Å². The zero-order valence-corrected chi connectivity index (χ0v) is 12.2. The van der Waals surface area contributed by atoms with Crippen molar-refractivity contribution in [3.05, 3.63) is 0 Å². The van der Waals surface area contributed by atoms with Crippen molar-refractivity contribution < 1.29 is 22.8 Å². The highest BCUT2D eigenvalue weighted by molar-refractivity contribution is 9.09. The van der Waals surface area contributed by atoms with Crippen LogP contribution in [0.3, 0.4) is 0 Å². The van der Waals surface area contributed by atoms with Gasteiger partial charge in [-0.3, -0.25) is 9.59 Å². The molecule has 0 saturated heterocycles. The van der Waals surface area contributed by atoms with E-state index in [1.165, 1.54) is 0 Å². The van der Waals surface area contributed by atoms with Crippen molar-refractivity contribution in [2.45, 2.75) is 50.7 Å². The predicted molar refractivity (Wildman–Crippen MR) is 68.0 cm³/mol. The molecule has 0 aromatic heterocycles. The normalized spacial score (nSPS) is 27.9. The van der Waals surface area contributed by atoms with Crippen molar-refractivity contribution in [3.8, 4) is 0 Å². The summed E-state index contributed by atoms with van der Waals surface area (Å²) in [4.78, 5) is 23.0. The fraction of sp³-hybridized carbons (Fsp3) is 0.833. The summed E-state index contributed by atoms with van der Waals surface area (Å²) in [5, 5.41) is 1.87. The number of carbonyl (C=O) groups is 2. The Hall–Kier alpha value is -0.590. The molecule has 0 radical (unpaired) electrons. The highest BCUT2D eigenvalue weighted by Gasteiger charge is 2.48. The van der Waals surface area contributed by atoms with E-state index >= 15 is 0 Å². The van der Waals surface area contributed by atoms with E-state index in [4.69, 9.17) is 0 Å². The molecule has 1 aliphatic rings. The summed E-state index contributed by atoms with van der Waals surface area (Å²) in [7, 11) is 0. The molecule has 0 bridgehead atoms. The lowest BCUT2D eigenvalue weighted by molar-refractivity contribution is -0.176. The molecule has 19 heavy (non-hydrogen) atoms. The molecule has 3 nitrogen and oxygen atoms in total. The molecule has 0 atom stereocenters.